The summed E-state index contributed by atoms with van der Waals surface area (Å²) < 4.78 is 13.6. The van der Waals surface area contributed by atoms with Crippen LogP contribution in [0.5, 0.6) is 0 Å². The molecule has 1 saturated heterocycles. The number of rotatable bonds is 2. The monoisotopic (exact) mass is 285 g/mol. The number of hydrogen-bond acceptors (Lipinski definition) is 2. The van der Waals surface area contributed by atoms with Gasteiger partial charge in [0.2, 0.25) is 0 Å². The molecular formula is C13H13ClFNO3. The minimum Gasteiger partial charge on any atom is -0.481 e. The number of nitrogens with zero attached hydrogens (tertiary/aromatic N) is 1. The fourth-order valence-electron chi connectivity index (χ4n) is 2.16. The smallest absolute Gasteiger partial charge is 0.306 e. The topological polar surface area (TPSA) is 57.6 Å². The van der Waals surface area contributed by atoms with Crippen LogP contribution in [0.2, 0.25) is 5.02 Å². The van der Waals surface area contributed by atoms with Gasteiger partial charge >= 0.3 is 5.97 Å². The van der Waals surface area contributed by atoms with E-state index >= 15 is 0 Å². The van der Waals surface area contributed by atoms with Crippen molar-refractivity contribution in [1.82, 2.24) is 4.90 Å². The Morgan fingerprint density at radius 3 is 2.47 bits per heavy atom. The highest BCUT2D eigenvalue weighted by Gasteiger charge is 2.28. The summed E-state index contributed by atoms with van der Waals surface area (Å²) >= 11 is 5.63. The summed E-state index contributed by atoms with van der Waals surface area (Å²) in [7, 11) is 0. The maximum Gasteiger partial charge on any atom is 0.306 e. The van der Waals surface area contributed by atoms with Crippen molar-refractivity contribution in [1.29, 1.82) is 0 Å². The number of aliphatic carboxylic acids is 1. The maximum absolute atomic E-state index is 13.6. The van der Waals surface area contributed by atoms with Crippen molar-refractivity contribution >= 4 is 23.5 Å². The van der Waals surface area contributed by atoms with Crippen LogP contribution >= 0.6 is 11.6 Å². The van der Waals surface area contributed by atoms with Crippen LogP contribution in [0.3, 0.4) is 0 Å². The number of carbonyl (C=O) groups is 2. The minimum atomic E-state index is -0.843. The fraction of sp³-hybridized carbons (Fsp3) is 0.385. The van der Waals surface area contributed by atoms with Gasteiger partial charge in [-0.1, -0.05) is 11.6 Å². The molecule has 0 aromatic heterocycles. The first-order valence-corrected chi connectivity index (χ1v) is 6.34. The van der Waals surface area contributed by atoms with Crippen LogP contribution in [0, 0.1) is 11.7 Å². The summed E-state index contributed by atoms with van der Waals surface area (Å²) in [4.78, 5) is 24.4. The minimum absolute atomic E-state index is 0.0295. The van der Waals surface area contributed by atoms with Gasteiger partial charge in [0.15, 0.2) is 0 Å². The average molecular weight is 286 g/mol. The van der Waals surface area contributed by atoms with Gasteiger partial charge in [0.25, 0.3) is 5.91 Å². The Bertz CT molecular complexity index is 513. The molecule has 102 valence electrons. The van der Waals surface area contributed by atoms with Crippen molar-refractivity contribution in [3.63, 3.8) is 0 Å². The van der Waals surface area contributed by atoms with Crippen molar-refractivity contribution in [2.75, 3.05) is 13.1 Å². The lowest BCUT2D eigenvalue weighted by Crippen LogP contribution is -2.40. The molecule has 1 fully saturated rings. The molecule has 1 aliphatic heterocycles. The molecule has 0 saturated carbocycles. The molecule has 19 heavy (non-hydrogen) atoms. The predicted octanol–water partition coefficient (Wildman–Crippen LogP) is 2.42. The normalized spacial score (nSPS) is 16.4. The molecule has 0 atom stereocenters. The lowest BCUT2D eigenvalue weighted by molar-refractivity contribution is -0.143. The first-order valence-electron chi connectivity index (χ1n) is 5.96. The predicted molar refractivity (Wildman–Crippen MR) is 67.7 cm³/mol. The van der Waals surface area contributed by atoms with Crippen molar-refractivity contribution in [2.45, 2.75) is 12.8 Å². The van der Waals surface area contributed by atoms with Gasteiger partial charge in [-0.15, -0.1) is 0 Å². The van der Waals surface area contributed by atoms with Crippen molar-refractivity contribution in [3.05, 3.63) is 34.6 Å². The number of carboxylic acid groups (broad SMARTS) is 1. The van der Waals surface area contributed by atoms with Gasteiger partial charge in [-0.3, -0.25) is 9.59 Å². The Morgan fingerprint density at radius 1 is 1.32 bits per heavy atom. The first kappa shape index (κ1) is 13.8. The van der Waals surface area contributed by atoms with Gasteiger partial charge in [0.1, 0.15) is 5.82 Å². The molecule has 0 spiro atoms. The quantitative estimate of drug-likeness (QED) is 0.908. The van der Waals surface area contributed by atoms with E-state index < -0.39 is 23.6 Å². The summed E-state index contributed by atoms with van der Waals surface area (Å²) in [5.41, 5.74) is -0.0295. The number of benzene rings is 1. The second kappa shape index (κ2) is 5.57. The van der Waals surface area contributed by atoms with E-state index in [1.54, 1.807) is 0 Å². The molecule has 1 amide bonds. The van der Waals surface area contributed by atoms with Crippen molar-refractivity contribution in [2.24, 2.45) is 5.92 Å². The SMILES string of the molecule is O=C(O)C1CCN(C(=O)c2ccc(Cl)cc2F)CC1. The van der Waals surface area contributed by atoms with E-state index in [0.717, 1.165) is 6.07 Å². The summed E-state index contributed by atoms with van der Waals surface area (Å²) in [5.74, 6) is -2.33. The molecular weight excluding hydrogens is 273 g/mol. The molecule has 0 aliphatic carbocycles. The van der Waals surface area contributed by atoms with Crippen LogP contribution in [0.25, 0.3) is 0 Å². The molecule has 4 nitrogen and oxygen atoms in total. The number of halogens is 2. The standard InChI is InChI=1S/C13H13ClFNO3/c14-9-1-2-10(11(15)7-9)12(17)16-5-3-8(4-6-16)13(18)19/h1-2,7-8H,3-6H2,(H,18,19). The van der Waals surface area contributed by atoms with Gasteiger partial charge in [0, 0.05) is 18.1 Å². The highest BCUT2D eigenvalue weighted by atomic mass is 35.5. The fourth-order valence-corrected chi connectivity index (χ4v) is 2.32. The summed E-state index contributed by atoms with van der Waals surface area (Å²) in [5, 5.41) is 9.11. The Labute approximate surface area is 114 Å². The van der Waals surface area contributed by atoms with E-state index in [9.17, 15) is 14.0 Å². The number of piperidine rings is 1. The molecule has 2 rings (SSSR count). The van der Waals surface area contributed by atoms with Crippen LogP contribution in [-0.4, -0.2) is 35.0 Å². The lowest BCUT2D eigenvalue weighted by atomic mass is 9.96. The highest BCUT2D eigenvalue weighted by Crippen LogP contribution is 2.21. The zero-order valence-corrected chi connectivity index (χ0v) is 10.9. The highest BCUT2D eigenvalue weighted by molar-refractivity contribution is 6.30. The van der Waals surface area contributed by atoms with Gasteiger partial charge in [-0.25, -0.2) is 4.39 Å². The van der Waals surface area contributed by atoms with Crippen LogP contribution in [0.1, 0.15) is 23.2 Å². The summed E-state index contributed by atoms with van der Waals surface area (Å²) in [6.45, 7) is 0.662. The molecule has 0 radical (unpaired) electrons. The van der Waals surface area contributed by atoms with Gasteiger partial charge in [0.05, 0.1) is 11.5 Å². The van der Waals surface area contributed by atoms with Crippen LogP contribution in [0.15, 0.2) is 18.2 Å². The molecule has 1 N–H and O–H groups in total. The lowest BCUT2D eigenvalue weighted by Gasteiger charge is -2.30. The average Bonchev–Trinajstić information content (AvgIpc) is 2.38. The van der Waals surface area contributed by atoms with E-state index in [0.29, 0.717) is 25.9 Å². The summed E-state index contributed by atoms with van der Waals surface area (Å²) in [6, 6.07) is 3.91. The second-order valence-corrected chi connectivity index (χ2v) is 4.97. The summed E-state index contributed by atoms with van der Waals surface area (Å²) in [6.07, 6.45) is 0.798. The van der Waals surface area contributed by atoms with Gasteiger partial charge < -0.3 is 10.0 Å². The Morgan fingerprint density at radius 2 is 1.95 bits per heavy atom. The zero-order chi connectivity index (χ0) is 14.0. The van der Waals surface area contributed by atoms with E-state index in [1.165, 1.54) is 17.0 Å². The van der Waals surface area contributed by atoms with Crippen LogP contribution < -0.4 is 0 Å². The Kier molecular flexibility index (Phi) is 4.04. The number of carboxylic acids is 1. The van der Waals surface area contributed by atoms with Gasteiger partial charge in [-0.2, -0.15) is 0 Å². The molecule has 1 aromatic carbocycles. The van der Waals surface area contributed by atoms with Crippen molar-refractivity contribution < 1.29 is 19.1 Å². The van der Waals surface area contributed by atoms with E-state index in [2.05, 4.69) is 0 Å². The Hall–Kier alpha value is -1.62. The Balaban J connectivity index is 2.07. The third kappa shape index (κ3) is 3.04. The second-order valence-electron chi connectivity index (χ2n) is 4.53. The number of hydrogen-bond donors (Lipinski definition) is 1. The van der Waals surface area contributed by atoms with E-state index in [1.807, 2.05) is 0 Å². The molecule has 1 heterocycles. The molecule has 0 unspecified atom stereocenters. The molecule has 1 aromatic rings. The number of carbonyl (C=O) groups excluding carboxylic acids is 1. The van der Waals surface area contributed by atoms with Gasteiger partial charge in [-0.05, 0) is 31.0 Å². The largest absolute Gasteiger partial charge is 0.481 e. The van der Waals surface area contributed by atoms with Crippen LogP contribution in [0.4, 0.5) is 4.39 Å². The number of likely N-dealkylation sites (tertiary alicyclic amines) is 1. The van der Waals surface area contributed by atoms with E-state index in [4.69, 9.17) is 16.7 Å². The third-order valence-electron chi connectivity index (χ3n) is 3.29. The molecule has 6 heteroatoms. The van der Waals surface area contributed by atoms with E-state index in [-0.39, 0.29) is 10.6 Å². The molecule has 1 aliphatic rings. The van der Waals surface area contributed by atoms with Crippen LogP contribution in [-0.2, 0) is 4.79 Å². The van der Waals surface area contributed by atoms with Crippen molar-refractivity contribution in [3.8, 4) is 0 Å². The number of amides is 1. The third-order valence-corrected chi connectivity index (χ3v) is 3.53. The zero-order valence-electron chi connectivity index (χ0n) is 10.1. The maximum atomic E-state index is 13.6. The first-order chi connectivity index (χ1) is 8.99. The molecule has 0 bridgehead atoms.